The largest absolute Gasteiger partial charge is 0.487 e. The first-order chi connectivity index (χ1) is 15.2. The van der Waals surface area contributed by atoms with Gasteiger partial charge in [0.1, 0.15) is 12.4 Å². The van der Waals surface area contributed by atoms with Gasteiger partial charge in [-0.15, -0.1) is 0 Å². The molecule has 8 heteroatoms. The van der Waals surface area contributed by atoms with Crippen LogP contribution in [0.15, 0.2) is 77.7 Å². The normalized spacial score (nSPS) is 11.3. The third kappa shape index (κ3) is 5.23. The summed E-state index contributed by atoms with van der Waals surface area (Å²) in [5.74, 6) is -0.0456. The minimum absolute atomic E-state index is 0.174. The zero-order valence-electron chi connectivity index (χ0n) is 18.0. The Morgan fingerprint density at radius 3 is 2.25 bits per heavy atom. The molecule has 0 saturated carbocycles. The van der Waals surface area contributed by atoms with Crippen LogP contribution in [0, 0.1) is 0 Å². The van der Waals surface area contributed by atoms with Crippen molar-refractivity contribution in [2.24, 2.45) is 0 Å². The van der Waals surface area contributed by atoms with E-state index in [0.29, 0.717) is 22.0 Å². The first kappa shape index (κ1) is 23.6. The molecule has 0 spiro atoms. The van der Waals surface area contributed by atoms with Crippen LogP contribution in [-0.4, -0.2) is 27.5 Å². The molecule has 3 rings (SSSR count). The molecule has 6 nitrogen and oxygen atoms in total. The van der Waals surface area contributed by atoms with Crippen LogP contribution < -0.4 is 9.04 Å². The minimum atomic E-state index is -3.85. The van der Waals surface area contributed by atoms with Gasteiger partial charge in [-0.2, -0.15) is 0 Å². The quantitative estimate of drug-likeness (QED) is 0.414. The lowest BCUT2D eigenvalue weighted by atomic mass is 10.1. The van der Waals surface area contributed by atoms with Crippen molar-refractivity contribution in [2.75, 3.05) is 11.4 Å². The van der Waals surface area contributed by atoms with Gasteiger partial charge in [0.05, 0.1) is 23.3 Å². The fourth-order valence-corrected chi connectivity index (χ4v) is 5.04. The van der Waals surface area contributed by atoms with Crippen LogP contribution in [0.25, 0.3) is 0 Å². The second kappa shape index (κ2) is 10.1. The molecule has 0 fully saturated rings. The number of ether oxygens (including phenoxy) is 2. The summed E-state index contributed by atoms with van der Waals surface area (Å²) in [5.41, 5.74) is 1.59. The van der Waals surface area contributed by atoms with Crippen LogP contribution in [-0.2, 0) is 21.4 Å². The number of halogens is 1. The number of rotatable bonds is 8. The molecule has 3 aromatic carbocycles. The van der Waals surface area contributed by atoms with Crippen molar-refractivity contribution in [3.05, 3.63) is 88.9 Å². The smallest absolute Gasteiger partial charge is 0.337 e. The van der Waals surface area contributed by atoms with Crippen LogP contribution in [0.2, 0.25) is 5.02 Å². The van der Waals surface area contributed by atoms with Gasteiger partial charge in [0.2, 0.25) is 0 Å². The molecule has 0 aliphatic heterocycles. The first-order valence-electron chi connectivity index (χ1n) is 9.93. The molecule has 0 unspecified atom stereocenters. The van der Waals surface area contributed by atoms with Crippen molar-refractivity contribution < 1.29 is 22.7 Å². The molecule has 168 valence electrons. The molecule has 0 atom stereocenters. The average molecular weight is 474 g/mol. The van der Waals surface area contributed by atoms with Crippen LogP contribution in [0.1, 0.15) is 29.8 Å². The van der Waals surface area contributed by atoms with Crippen molar-refractivity contribution in [2.45, 2.75) is 31.4 Å². The highest BCUT2D eigenvalue weighted by Crippen LogP contribution is 2.36. The molecule has 3 aromatic rings. The van der Waals surface area contributed by atoms with Gasteiger partial charge in [-0.25, -0.2) is 13.2 Å². The predicted octanol–water partition coefficient (Wildman–Crippen LogP) is 5.31. The number of sulfonamides is 1. The molecule has 0 radical (unpaired) electrons. The fraction of sp³-hybridized carbons (Fsp3) is 0.208. The van der Waals surface area contributed by atoms with Crippen molar-refractivity contribution in [1.82, 2.24) is 0 Å². The van der Waals surface area contributed by atoms with Gasteiger partial charge < -0.3 is 9.47 Å². The van der Waals surface area contributed by atoms with Crippen molar-refractivity contribution >= 4 is 33.3 Å². The number of carbonyl (C=O) groups is 1. The predicted molar refractivity (Wildman–Crippen MR) is 125 cm³/mol. The third-order valence-electron chi connectivity index (χ3n) is 4.70. The maximum Gasteiger partial charge on any atom is 0.337 e. The van der Waals surface area contributed by atoms with E-state index in [1.54, 1.807) is 86.6 Å². The lowest BCUT2D eigenvalue weighted by Crippen LogP contribution is -2.37. The van der Waals surface area contributed by atoms with Gasteiger partial charge in [-0.05, 0) is 61.9 Å². The summed E-state index contributed by atoms with van der Waals surface area (Å²) in [6, 6.07) is 19.5. The summed E-state index contributed by atoms with van der Waals surface area (Å²) in [6.07, 6.45) is 0. The molecular weight excluding hydrogens is 450 g/mol. The standard InChI is InChI=1S/C24H24ClNO5S/c1-17(2)26(32(28,29)21-7-5-4-6-8-21)22-15-20(25)13-14-23(22)31-16-18-9-11-19(12-10-18)24(27)30-3/h4-15,17H,16H2,1-3H3. The van der Waals surface area contributed by atoms with E-state index in [2.05, 4.69) is 0 Å². The summed E-state index contributed by atoms with van der Waals surface area (Å²) in [6.45, 7) is 3.75. The number of carbonyl (C=O) groups excluding carboxylic acids is 1. The average Bonchev–Trinajstić information content (AvgIpc) is 2.78. The van der Waals surface area contributed by atoms with Gasteiger partial charge in [-0.3, -0.25) is 4.31 Å². The number of hydrogen-bond donors (Lipinski definition) is 0. The fourth-order valence-electron chi connectivity index (χ4n) is 3.19. The number of methoxy groups -OCH3 is 1. The van der Waals surface area contributed by atoms with Crippen molar-refractivity contribution in [3.8, 4) is 5.75 Å². The Morgan fingerprint density at radius 1 is 1.00 bits per heavy atom. The van der Waals surface area contributed by atoms with E-state index < -0.39 is 16.0 Å². The molecule has 0 amide bonds. The van der Waals surface area contributed by atoms with Crippen LogP contribution >= 0.6 is 11.6 Å². The maximum atomic E-state index is 13.4. The van der Waals surface area contributed by atoms with E-state index in [1.807, 2.05) is 0 Å². The Kier molecular flexibility index (Phi) is 7.43. The molecule has 0 aromatic heterocycles. The van der Waals surface area contributed by atoms with Gasteiger partial charge in [0, 0.05) is 11.1 Å². The Balaban J connectivity index is 1.93. The van der Waals surface area contributed by atoms with Crippen molar-refractivity contribution in [3.63, 3.8) is 0 Å². The summed E-state index contributed by atoms with van der Waals surface area (Å²) in [5, 5.41) is 0.392. The van der Waals surface area contributed by atoms with E-state index in [9.17, 15) is 13.2 Å². The molecule has 0 bridgehead atoms. The molecular formula is C24H24ClNO5S. The van der Waals surface area contributed by atoms with Gasteiger partial charge in [0.15, 0.2) is 0 Å². The summed E-state index contributed by atoms with van der Waals surface area (Å²) in [7, 11) is -2.53. The zero-order chi connectivity index (χ0) is 23.3. The summed E-state index contributed by atoms with van der Waals surface area (Å²) >= 11 is 6.22. The lowest BCUT2D eigenvalue weighted by Gasteiger charge is -2.30. The van der Waals surface area contributed by atoms with Gasteiger partial charge in [0.25, 0.3) is 10.0 Å². The Morgan fingerprint density at radius 2 is 1.66 bits per heavy atom. The van der Waals surface area contributed by atoms with Gasteiger partial charge in [-0.1, -0.05) is 41.9 Å². The van der Waals surface area contributed by atoms with E-state index in [0.717, 1.165) is 5.56 Å². The Bertz CT molecular complexity index is 1180. The summed E-state index contributed by atoms with van der Waals surface area (Å²) < 4.78 is 38.9. The number of anilines is 1. The molecule has 0 aliphatic carbocycles. The lowest BCUT2D eigenvalue weighted by molar-refractivity contribution is 0.0600. The monoisotopic (exact) mass is 473 g/mol. The SMILES string of the molecule is COC(=O)c1ccc(COc2ccc(Cl)cc2N(C(C)C)S(=O)(=O)c2ccccc2)cc1. The number of benzene rings is 3. The number of esters is 1. The van der Waals surface area contributed by atoms with Crippen molar-refractivity contribution in [1.29, 1.82) is 0 Å². The highest BCUT2D eigenvalue weighted by Gasteiger charge is 2.30. The zero-order valence-corrected chi connectivity index (χ0v) is 19.6. The number of nitrogens with zero attached hydrogens (tertiary/aromatic N) is 1. The van der Waals surface area contributed by atoms with Gasteiger partial charge >= 0.3 is 5.97 Å². The Hall–Kier alpha value is -3.03. The van der Waals surface area contributed by atoms with E-state index >= 15 is 0 Å². The van der Waals surface area contributed by atoms with E-state index in [-0.39, 0.29) is 17.5 Å². The maximum absolute atomic E-state index is 13.4. The van der Waals surface area contributed by atoms with E-state index in [4.69, 9.17) is 21.1 Å². The van der Waals surface area contributed by atoms with Crippen LogP contribution in [0.4, 0.5) is 5.69 Å². The molecule has 0 N–H and O–H groups in total. The summed E-state index contributed by atoms with van der Waals surface area (Å²) in [4.78, 5) is 11.8. The molecule has 0 saturated heterocycles. The Labute approximate surface area is 193 Å². The highest BCUT2D eigenvalue weighted by molar-refractivity contribution is 7.92. The number of hydrogen-bond acceptors (Lipinski definition) is 5. The minimum Gasteiger partial charge on any atom is -0.487 e. The van der Waals surface area contributed by atoms with Crippen LogP contribution in [0.3, 0.4) is 0 Å². The molecule has 0 heterocycles. The topological polar surface area (TPSA) is 72.9 Å². The second-order valence-electron chi connectivity index (χ2n) is 7.30. The second-order valence-corrected chi connectivity index (χ2v) is 9.55. The third-order valence-corrected chi connectivity index (χ3v) is 6.94. The van der Waals surface area contributed by atoms with Crippen LogP contribution in [0.5, 0.6) is 5.75 Å². The first-order valence-corrected chi connectivity index (χ1v) is 11.7. The van der Waals surface area contributed by atoms with E-state index in [1.165, 1.54) is 11.4 Å². The highest BCUT2D eigenvalue weighted by atomic mass is 35.5. The molecule has 0 aliphatic rings. The molecule has 32 heavy (non-hydrogen) atoms.